The van der Waals surface area contributed by atoms with Gasteiger partial charge in [0.25, 0.3) is 0 Å². The number of nitrogens with zero attached hydrogens (tertiary/aromatic N) is 2. The van der Waals surface area contributed by atoms with Crippen LogP contribution in [0.5, 0.6) is 0 Å². The predicted molar refractivity (Wildman–Crippen MR) is 88.2 cm³/mol. The molecule has 1 aromatic carbocycles. The maximum atomic E-state index is 12.3. The van der Waals surface area contributed by atoms with Crippen molar-refractivity contribution in [3.8, 4) is 0 Å². The first kappa shape index (κ1) is 16.0. The average molecular weight is 298 g/mol. The van der Waals surface area contributed by atoms with Gasteiger partial charge in [-0.15, -0.1) is 0 Å². The second-order valence-corrected chi connectivity index (χ2v) is 5.55. The Kier molecular flexibility index (Phi) is 5.49. The number of hydrogen-bond acceptors (Lipinski definition) is 4. The third-order valence-corrected chi connectivity index (χ3v) is 3.27. The van der Waals surface area contributed by atoms with Crippen LogP contribution in [0.2, 0.25) is 0 Å². The molecule has 2 aromatic rings. The minimum atomic E-state index is -0.0482. The van der Waals surface area contributed by atoms with Crippen molar-refractivity contribution in [3.63, 3.8) is 0 Å². The molecule has 3 N–H and O–H groups in total. The molecule has 22 heavy (non-hydrogen) atoms. The molecule has 0 saturated heterocycles. The number of benzene rings is 1. The molecule has 1 heterocycles. The van der Waals surface area contributed by atoms with Gasteiger partial charge in [0.05, 0.1) is 24.3 Å². The summed E-state index contributed by atoms with van der Waals surface area (Å²) in [4.78, 5) is 18.5. The maximum absolute atomic E-state index is 12.3. The van der Waals surface area contributed by atoms with Crippen LogP contribution in [0.4, 0.5) is 5.69 Å². The van der Waals surface area contributed by atoms with Crippen LogP contribution in [-0.4, -0.2) is 36.4 Å². The summed E-state index contributed by atoms with van der Waals surface area (Å²) in [5.41, 5.74) is 8.00. The largest absolute Gasteiger partial charge is 0.397 e. The fraction of sp³-hybridized carbons (Fsp3) is 0.294. The highest BCUT2D eigenvalue weighted by atomic mass is 16.1. The normalized spacial score (nSPS) is 12.1. The molecular formula is C17H22N4O. The zero-order valence-corrected chi connectivity index (χ0v) is 13.0. The van der Waals surface area contributed by atoms with E-state index in [2.05, 4.69) is 15.2 Å². The molecule has 0 aliphatic heterocycles. The smallest absolute Gasteiger partial charge is 0.226 e. The van der Waals surface area contributed by atoms with E-state index in [0.29, 0.717) is 11.4 Å². The van der Waals surface area contributed by atoms with Gasteiger partial charge in [-0.1, -0.05) is 30.3 Å². The zero-order valence-electron chi connectivity index (χ0n) is 13.0. The first-order valence-electron chi connectivity index (χ1n) is 7.24. The molecule has 0 fully saturated rings. The summed E-state index contributed by atoms with van der Waals surface area (Å²) in [6.07, 6.45) is 1.81. The molecule has 1 unspecified atom stereocenters. The number of likely N-dealkylation sites (N-methyl/N-ethyl adjacent to an activating group) is 1. The predicted octanol–water partition coefficient (Wildman–Crippen LogP) is 1.63. The molecule has 1 amide bonds. The Morgan fingerprint density at radius 1 is 1.23 bits per heavy atom. The molecule has 1 atom stereocenters. The second-order valence-electron chi connectivity index (χ2n) is 5.55. The molecule has 5 nitrogen and oxygen atoms in total. The van der Waals surface area contributed by atoms with Crippen LogP contribution in [0.1, 0.15) is 17.3 Å². The van der Waals surface area contributed by atoms with Crippen LogP contribution in [0, 0.1) is 0 Å². The average Bonchev–Trinajstić information content (AvgIpc) is 2.49. The van der Waals surface area contributed by atoms with E-state index in [1.54, 1.807) is 18.3 Å². The van der Waals surface area contributed by atoms with Crippen molar-refractivity contribution in [2.75, 3.05) is 26.4 Å². The van der Waals surface area contributed by atoms with E-state index in [0.717, 1.165) is 12.1 Å². The summed E-state index contributed by atoms with van der Waals surface area (Å²) in [6.45, 7) is 0.741. The molecule has 5 heteroatoms. The number of rotatable bonds is 6. The van der Waals surface area contributed by atoms with Gasteiger partial charge in [-0.2, -0.15) is 0 Å². The van der Waals surface area contributed by atoms with Crippen molar-refractivity contribution < 1.29 is 4.79 Å². The van der Waals surface area contributed by atoms with Crippen molar-refractivity contribution in [1.82, 2.24) is 15.2 Å². The second kappa shape index (κ2) is 7.56. The van der Waals surface area contributed by atoms with Crippen molar-refractivity contribution in [2.24, 2.45) is 0 Å². The van der Waals surface area contributed by atoms with Crippen LogP contribution in [-0.2, 0) is 11.2 Å². The molecule has 0 aliphatic carbocycles. The Morgan fingerprint density at radius 2 is 1.95 bits per heavy atom. The quantitative estimate of drug-likeness (QED) is 0.850. The fourth-order valence-electron chi connectivity index (χ4n) is 2.24. The lowest BCUT2D eigenvalue weighted by Crippen LogP contribution is -2.36. The number of carbonyl (C=O) groups is 1. The number of nitrogen functional groups attached to an aromatic ring is 1. The van der Waals surface area contributed by atoms with Crippen molar-refractivity contribution in [3.05, 3.63) is 59.9 Å². The molecule has 2 rings (SSSR count). The van der Waals surface area contributed by atoms with E-state index < -0.39 is 0 Å². The minimum absolute atomic E-state index is 0.0440. The van der Waals surface area contributed by atoms with Gasteiger partial charge in [0.1, 0.15) is 0 Å². The monoisotopic (exact) mass is 298 g/mol. The van der Waals surface area contributed by atoms with Gasteiger partial charge in [-0.25, -0.2) is 0 Å². The molecule has 0 saturated carbocycles. The lowest BCUT2D eigenvalue weighted by atomic mass is 10.1. The van der Waals surface area contributed by atoms with Crippen LogP contribution in [0.25, 0.3) is 0 Å². The number of carbonyl (C=O) groups excluding carboxylic acids is 1. The van der Waals surface area contributed by atoms with Crippen LogP contribution in [0.15, 0.2) is 48.7 Å². The number of hydrogen-bond donors (Lipinski definition) is 2. The van der Waals surface area contributed by atoms with E-state index in [1.807, 2.05) is 44.4 Å². The Morgan fingerprint density at radius 3 is 2.55 bits per heavy atom. The van der Waals surface area contributed by atoms with E-state index in [1.165, 1.54) is 0 Å². The Hall–Kier alpha value is -2.40. The van der Waals surface area contributed by atoms with E-state index >= 15 is 0 Å². The summed E-state index contributed by atoms with van der Waals surface area (Å²) >= 11 is 0. The van der Waals surface area contributed by atoms with E-state index in [4.69, 9.17) is 5.73 Å². The molecule has 116 valence electrons. The van der Waals surface area contributed by atoms with Gasteiger partial charge in [-0.05, 0) is 31.8 Å². The van der Waals surface area contributed by atoms with Gasteiger partial charge in [0.2, 0.25) is 5.91 Å². The Bertz CT molecular complexity index is 596. The number of nitrogens with two attached hydrogens (primary N) is 1. The highest BCUT2D eigenvalue weighted by Gasteiger charge is 2.15. The number of anilines is 1. The number of pyridine rings is 1. The summed E-state index contributed by atoms with van der Waals surface area (Å²) in [5, 5.41) is 3.08. The number of aromatic nitrogens is 1. The minimum Gasteiger partial charge on any atom is -0.397 e. The Balaban J connectivity index is 2.03. The van der Waals surface area contributed by atoms with Crippen molar-refractivity contribution in [2.45, 2.75) is 12.5 Å². The SMILES string of the molecule is CN(C)CC(NC(=O)Cc1ccc(N)cn1)c1ccccc1. The van der Waals surface area contributed by atoms with Crippen LogP contribution < -0.4 is 11.1 Å². The molecule has 0 bridgehead atoms. The lowest BCUT2D eigenvalue weighted by Gasteiger charge is -2.22. The van der Waals surface area contributed by atoms with Crippen LogP contribution >= 0.6 is 0 Å². The highest BCUT2D eigenvalue weighted by Crippen LogP contribution is 2.13. The highest BCUT2D eigenvalue weighted by molar-refractivity contribution is 5.78. The van der Waals surface area contributed by atoms with Gasteiger partial charge < -0.3 is 16.0 Å². The van der Waals surface area contributed by atoms with Gasteiger partial charge in [0.15, 0.2) is 0 Å². The summed E-state index contributed by atoms with van der Waals surface area (Å²) in [6, 6.07) is 13.5. The van der Waals surface area contributed by atoms with E-state index in [-0.39, 0.29) is 18.4 Å². The number of amides is 1. The maximum Gasteiger partial charge on any atom is 0.226 e. The zero-order chi connectivity index (χ0) is 15.9. The third-order valence-electron chi connectivity index (χ3n) is 3.27. The van der Waals surface area contributed by atoms with Crippen LogP contribution in [0.3, 0.4) is 0 Å². The van der Waals surface area contributed by atoms with Crippen molar-refractivity contribution in [1.29, 1.82) is 0 Å². The van der Waals surface area contributed by atoms with Gasteiger partial charge >= 0.3 is 0 Å². The van der Waals surface area contributed by atoms with E-state index in [9.17, 15) is 4.79 Å². The molecule has 0 spiro atoms. The summed E-state index contributed by atoms with van der Waals surface area (Å²) in [7, 11) is 3.98. The number of nitrogens with one attached hydrogen (secondary N) is 1. The van der Waals surface area contributed by atoms with Crippen molar-refractivity contribution >= 4 is 11.6 Å². The first-order chi connectivity index (χ1) is 10.5. The lowest BCUT2D eigenvalue weighted by molar-refractivity contribution is -0.121. The molecule has 0 radical (unpaired) electrons. The summed E-state index contributed by atoms with van der Waals surface area (Å²) in [5.74, 6) is -0.0482. The van der Waals surface area contributed by atoms with Gasteiger partial charge in [0, 0.05) is 12.2 Å². The standard InChI is InChI=1S/C17H22N4O/c1-21(2)12-16(13-6-4-3-5-7-13)20-17(22)10-15-9-8-14(18)11-19-15/h3-9,11,16H,10,12,18H2,1-2H3,(H,20,22). The molecule has 0 aliphatic rings. The molecular weight excluding hydrogens is 276 g/mol. The topological polar surface area (TPSA) is 71.2 Å². The van der Waals surface area contributed by atoms with Gasteiger partial charge in [-0.3, -0.25) is 9.78 Å². The Labute approximate surface area is 131 Å². The third kappa shape index (κ3) is 4.86. The summed E-state index contributed by atoms with van der Waals surface area (Å²) < 4.78 is 0. The fourth-order valence-corrected chi connectivity index (χ4v) is 2.24. The molecule has 1 aromatic heterocycles. The first-order valence-corrected chi connectivity index (χ1v) is 7.24.